The molecule has 2 amide bonds. The predicted octanol–water partition coefficient (Wildman–Crippen LogP) is 0.550. The van der Waals surface area contributed by atoms with Crippen LogP contribution in [-0.2, 0) is 9.59 Å². The Kier molecular flexibility index (Phi) is 3.82. The molecule has 0 N–H and O–H groups in total. The van der Waals surface area contributed by atoms with Crippen LogP contribution < -0.4 is 0 Å². The predicted molar refractivity (Wildman–Crippen MR) is 53.7 cm³/mol. The fraction of sp³-hybridized carbons (Fsp3) is 0.600. The van der Waals surface area contributed by atoms with Gasteiger partial charge in [-0.2, -0.15) is 0 Å². The van der Waals surface area contributed by atoms with Crippen molar-refractivity contribution >= 4 is 11.8 Å². The van der Waals surface area contributed by atoms with Gasteiger partial charge >= 0.3 is 0 Å². The number of nitrogens with zero attached hydrogens (tertiary/aromatic N) is 2. The first kappa shape index (κ1) is 11.7. The molecule has 0 aromatic heterocycles. The van der Waals surface area contributed by atoms with Crippen LogP contribution in [0, 0.1) is 0 Å². The van der Waals surface area contributed by atoms with E-state index in [2.05, 4.69) is 0 Å². The van der Waals surface area contributed by atoms with Crippen LogP contribution >= 0.6 is 0 Å². The molecule has 5 heteroatoms. The standard InChI is InChI=1S/C10H15FN2O2/c1-8(14)12(2)7-10(15)13-5-3-4-9(11)6-13/h4H,3,5-7H2,1-2H3. The highest BCUT2D eigenvalue weighted by atomic mass is 19.1. The van der Waals surface area contributed by atoms with Crippen molar-refractivity contribution in [2.45, 2.75) is 13.3 Å². The molecule has 15 heavy (non-hydrogen) atoms. The molecule has 0 radical (unpaired) electrons. The first-order valence-electron chi connectivity index (χ1n) is 4.84. The molecule has 0 atom stereocenters. The van der Waals surface area contributed by atoms with Crippen LogP contribution in [0.15, 0.2) is 11.9 Å². The van der Waals surface area contributed by atoms with Gasteiger partial charge in [-0.15, -0.1) is 0 Å². The van der Waals surface area contributed by atoms with Crippen molar-refractivity contribution in [3.05, 3.63) is 11.9 Å². The molecule has 0 aliphatic carbocycles. The minimum absolute atomic E-state index is 0.0165. The summed E-state index contributed by atoms with van der Waals surface area (Å²) >= 11 is 0. The summed E-state index contributed by atoms with van der Waals surface area (Å²) in [6, 6.07) is 0. The van der Waals surface area contributed by atoms with Gasteiger partial charge < -0.3 is 9.80 Å². The van der Waals surface area contributed by atoms with E-state index in [4.69, 9.17) is 0 Å². The lowest BCUT2D eigenvalue weighted by Gasteiger charge is -2.26. The average Bonchev–Trinajstić information content (AvgIpc) is 2.17. The van der Waals surface area contributed by atoms with Gasteiger partial charge in [0.1, 0.15) is 5.83 Å². The number of halogens is 1. The number of amides is 2. The summed E-state index contributed by atoms with van der Waals surface area (Å²) in [5.41, 5.74) is 0. The molecule has 1 rings (SSSR count). The Morgan fingerprint density at radius 2 is 2.27 bits per heavy atom. The molecule has 1 aliphatic rings. The van der Waals surface area contributed by atoms with E-state index in [1.54, 1.807) is 7.05 Å². The molecule has 1 aliphatic heterocycles. The summed E-state index contributed by atoms with van der Waals surface area (Å²) < 4.78 is 12.9. The highest BCUT2D eigenvalue weighted by molar-refractivity contribution is 5.83. The van der Waals surface area contributed by atoms with E-state index < -0.39 is 0 Å². The minimum atomic E-state index is -0.278. The summed E-state index contributed by atoms with van der Waals surface area (Å²) in [6.07, 6.45) is 2.03. The summed E-state index contributed by atoms with van der Waals surface area (Å²) in [7, 11) is 1.55. The van der Waals surface area contributed by atoms with Crippen molar-refractivity contribution < 1.29 is 14.0 Å². The lowest BCUT2D eigenvalue weighted by molar-refractivity contribution is -0.138. The Morgan fingerprint density at radius 3 is 2.80 bits per heavy atom. The minimum Gasteiger partial charge on any atom is -0.337 e. The van der Waals surface area contributed by atoms with Crippen LogP contribution in [0.25, 0.3) is 0 Å². The number of hydrogen-bond donors (Lipinski definition) is 0. The number of likely N-dealkylation sites (N-methyl/N-ethyl adjacent to an activating group) is 1. The van der Waals surface area contributed by atoms with Crippen LogP contribution in [0.1, 0.15) is 13.3 Å². The second-order valence-electron chi connectivity index (χ2n) is 3.63. The van der Waals surface area contributed by atoms with E-state index in [0.717, 1.165) is 0 Å². The van der Waals surface area contributed by atoms with Crippen molar-refractivity contribution in [2.24, 2.45) is 0 Å². The molecular formula is C10H15FN2O2. The van der Waals surface area contributed by atoms with Gasteiger partial charge in [-0.05, 0) is 12.5 Å². The number of carbonyl (C=O) groups excluding carboxylic acids is 2. The van der Waals surface area contributed by atoms with E-state index in [-0.39, 0.29) is 30.7 Å². The van der Waals surface area contributed by atoms with Gasteiger partial charge in [0.2, 0.25) is 11.8 Å². The summed E-state index contributed by atoms with van der Waals surface area (Å²) in [5, 5.41) is 0. The second kappa shape index (κ2) is 4.91. The normalized spacial score (nSPS) is 15.9. The third-order valence-electron chi connectivity index (χ3n) is 2.37. The largest absolute Gasteiger partial charge is 0.337 e. The van der Waals surface area contributed by atoms with Crippen molar-refractivity contribution in [2.75, 3.05) is 26.7 Å². The molecule has 0 saturated heterocycles. The molecule has 0 aromatic rings. The zero-order chi connectivity index (χ0) is 11.4. The molecule has 0 unspecified atom stereocenters. The van der Waals surface area contributed by atoms with Crippen LogP contribution in [0.4, 0.5) is 4.39 Å². The Bertz CT molecular complexity index is 302. The molecular weight excluding hydrogens is 199 g/mol. The van der Waals surface area contributed by atoms with Crippen molar-refractivity contribution in [3.8, 4) is 0 Å². The van der Waals surface area contributed by atoms with Crippen molar-refractivity contribution in [3.63, 3.8) is 0 Å². The fourth-order valence-electron chi connectivity index (χ4n) is 1.33. The first-order chi connectivity index (χ1) is 7.00. The highest BCUT2D eigenvalue weighted by Gasteiger charge is 2.19. The van der Waals surface area contributed by atoms with E-state index in [0.29, 0.717) is 13.0 Å². The van der Waals surface area contributed by atoms with E-state index >= 15 is 0 Å². The lowest BCUT2D eigenvalue weighted by atomic mass is 10.2. The fourth-order valence-corrected chi connectivity index (χ4v) is 1.33. The van der Waals surface area contributed by atoms with Crippen molar-refractivity contribution in [1.29, 1.82) is 0 Å². The average molecular weight is 214 g/mol. The monoisotopic (exact) mass is 214 g/mol. The topological polar surface area (TPSA) is 40.6 Å². The van der Waals surface area contributed by atoms with Crippen LogP contribution in [0.2, 0.25) is 0 Å². The molecule has 84 valence electrons. The highest BCUT2D eigenvalue weighted by Crippen LogP contribution is 2.10. The van der Waals surface area contributed by atoms with Gasteiger partial charge in [-0.25, -0.2) is 4.39 Å². The Balaban J connectivity index is 2.47. The number of hydrogen-bond acceptors (Lipinski definition) is 2. The van der Waals surface area contributed by atoms with E-state index in [1.807, 2.05) is 0 Å². The van der Waals surface area contributed by atoms with E-state index in [9.17, 15) is 14.0 Å². The zero-order valence-corrected chi connectivity index (χ0v) is 8.99. The summed E-state index contributed by atoms with van der Waals surface area (Å²) in [6.45, 7) is 1.97. The number of rotatable bonds is 2. The molecule has 0 saturated carbocycles. The van der Waals surface area contributed by atoms with Crippen LogP contribution in [0.3, 0.4) is 0 Å². The third kappa shape index (κ3) is 3.34. The molecule has 0 spiro atoms. The maximum Gasteiger partial charge on any atom is 0.242 e. The van der Waals surface area contributed by atoms with Gasteiger partial charge in [0.25, 0.3) is 0 Å². The SMILES string of the molecule is CC(=O)N(C)CC(=O)N1CCC=C(F)C1. The van der Waals surface area contributed by atoms with Gasteiger partial charge in [-0.1, -0.05) is 0 Å². The third-order valence-corrected chi connectivity index (χ3v) is 2.37. The van der Waals surface area contributed by atoms with Crippen LogP contribution in [-0.4, -0.2) is 48.3 Å². The summed E-state index contributed by atoms with van der Waals surface area (Å²) in [4.78, 5) is 25.2. The van der Waals surface area contributed by atoms with E-state index in [1.165, 1.54) is 22.8 Å². The Hall–Kier alpha value is -1.39. The quantitative estimate of drug-likeness (QED) is 0.673. The maximum absolute atomic E-state index is 12.9. The lowest BCUT2D eigenvalue weighted by Crippen LogP contribution is -2.42. The van der Waals surface area contributed by atoms with Gasteiger partial charge in [-0.3, -0.25) is 9.59 Å². The van der Waals surface area contributed by atoms with Gasteiger partial charge in [0.15, 0.2) is 0 Å². The molecule has 0 bridgehead atoms. The molecule has 1 heterocycles. The molecule has 0 fully saturated rings. The smallest absolute Gasteiger partial charge is 0.242 e. The molecule has 0 aromatic carbocycles. The maximum atomic E-state index is 12.9. The van der Waals surface area contributed by atoms with Crippen molar-refractivity contribution in [1.82, 2.24) is 9.80 Å². The number of carbonyl (C=O) groups is 2. The summed E-state index contributed by atoms with van der Waals surface area (Å²) in [5.74, 6) is -0.660. The molecule has 4 nitrogen and oxygen atoms in total. The van der Waals surface area contributed by atoms with Crippen LogP contribution in [0.5, 0.6) is 0 Å². The first-order valence-corrected chi connectivity index (χ1v) is 4.84. The van der Waals surface area contributed by atoms with Gasteiger partial charge in [0, 0.05) is 20.5 Å². The Morgan fingerprint density at radius 1 is 1.60 bits per heavy atom. The Labute approximate surface area is 88.3 Å². The zero-order valence-electron chi connectivity index (χ0n) is 8.99. The van der Waals surface area contributed by atoms with Gasteiger partial charge in [0.05, 0.1) is 13.1 Å². The second-order valence-corrected chi connectivity index (χ2v) is 3.63.